The fourth-order valence-electron chi connectivity index (χ4n) is 2.10. The van der Waals surface area contributed by atoms with Crippen molar-refractivity contribution >= 4 is 17.3 Å². The van der Waals surface area contributed by atoms with Crippen molar-refractivity contribution in [1.82, 2.24) is 0 Å². The zero-order valence-corrected chi connectivity index (χ0v) is 11.1. The van der Waals surface area contributed by atoms with Gasteiger partial charge in [0.1, 0.15) is 5.75 Å². The first-order chi connectivity index (χ1) is 9.61. The quantitative estimate of drug-likeness (QED) is 0.672. The Morgan fingerprint density at radius 3 is 2.75 bits per heavy atom. The maximum Gasteiger partial charge on any atom is 0.271 e. The maximum absolute atomic E-state index is 12.1. The standard InChI is InChI=1S/C13H16N2O5/c1-19-12-3-2-10(15(17)18)8-11(12)14-13(16)9-4-6-20-7-5-9/h2-3,8-9H,4-7H2,1H3,(H,14,16). The van der Waals surface area contributed by atoms with Crippen LogP contribution in [0.15, 0.2) is 18.2 Å². The SMILES string of the molecule is COc1ccc([N+](=O)[O-])cc1NC(=O)C1CCOCC1. The molecule has 7 heteroatoms. The number of methoxy groups -OCH3 is 1. The summed E-state index contributed by atoms with van der Waals surface area (Å²) in [7, 11) is 1.45. The van der Waals surface area contributed by atoms with Gasteiger partial charge in [-0.1, -0.05) is 0 Å². The monoisotopic (exact) mass is 280 g/mol. The van der Waals surface area contributed by atoms with E-state index in [9.17, 15) is 14.9 Å². The number of amides is 1. The normalized spacial score (nSPS) is 15.7. The van der Waals surface area contributed by atoms with E-state index in [-0.39, 0.29) is 17.5 Å². The lowest BCUT2D eigenvalue weighted by atomic mass is 9.99. The van der Waals surface area contributed by atoms with Crippen molar-refractivity contribution in [2.45, 2.75) is 12.8 Å². The van der Waals surface area contributed by atoms with Crippen LogP contribution in [0, 0.1) is 16.0 Å². The molecule has 1 aromatic rings. The van der Waals surface area contributed by atoms with Gasteiger partial charge in [-0.2, -0.15) is 0 Å². The molecule has 1 heterocycles. The molecule has 0 saturated carbocycles. The van der Waals surface area contributed by atoms with Gasteiger partial charge >= 0.3 is 0 Å². The molecule has 108 valence electrons. The van der Waals surface area contributed by atoms with E-state index in [0.717, 1.165) is 0 Å². The van der Waals surface area contributed by atoms with Gasteiger partial charge in [0.2, 0.25) is 5.91 Å². The van der Waals surface area contributed by atoms with Crippen LogP contribution in [0.1, 0.15) is 12.8 Å². The maximum atomic E-state index is 12.1. The molecule has 0 spiro atoms. The Hall–Kier alpha value is -2.15. The predicted octanol–water partition coefficient (Wildman–Crippen LogP) is 1.97. The number of ether oxygens (including phenoxy) is 2. The summed E-state index contributed by atoms with van der Waals surface area (Å²) in [6.45, 7) is 1.12. The van der Waals surface area contributed by atoms with Gasteiger partial charge < -0.3 is 14.8 Å². The van der Waals surface area contributed by atoms with Gasteiger partial charge in [0, 0.05) is 31.3 Å². The van der Waals surface area contributed by atoms with Crippen LogP contribution < -0.4 is 10.1 Å². The molecular weight excluding hydrogens is 264 g/mol. The molecular formula is C13H16N2O5. The topological polar surface area (TPSA) is 90.7 Å². The van der Waals surface area contributed by atoms with Gasteiger partial charge in [0.15, 0.2) is 0 Å². The highest BCUT2D eigenvalue weighted by Crippen LogP contribution is 2.30. The number of nitrogens with zero attached hydrogens (tertiary/aromatic N) is 1. The number of anilines is 1. The number of rotatable bonds is 4. The average Bonchev–Trinajstić information content (AvgIpc) is 2.48. The van der Waals surface area contributed by atoms with Crippen LogP contribution >= 0.6 is 0 Å². The Bertz CT molecular complexity index is 511. The van der Waals surface area contributed by atoms with E-state index in [1.54, 1.807) is 0 Å². The first kappa shape index (κ1) is 14.3. The van der Waals surface area contributed by atoms with Crippen LogP contribution in [0.25, 0.3) is 0 Å². The second kappa shape index (κ2) is 6.33. The molecule has 2 rings (SSSR count). The van der Waals surface area contributed by atoms with Crippen molar-refractivity contribution in [3.8, 4) is 5.75 Å². The molecule has 0 bridgehead atoms. The number of non-ortho nitro benzene ring substituents is 1. The van der Waals surface area contributed by atoms with E-state index >= 15 is 0 Å². The van der Waals surface area contributed by atoms with Crippen LogP contribution in [0.2, 0.25) is 0 Å². The van der Waals surface area contributed by atoms with E-state index in [1.807, 2.05) is 0 Å². The Balaban J connectivity index is 2.15. The molecule has 1 N–H and O–H groups in total. The molecule has 1 aromatic carbocycles. The Labute approximate surface area is 116 Å². The van der Waals surface area contributed by atoms with Gasteiger partial charge in [-0.25, -0.2) is 0 Å². The number of hydrogen-bond donors (Lipinski definition) is 1. The van der Waals surface area contributed by atoms with Crippen molar-refractivity contribution in [1.29, 1.82) is 0 Å². The molecule has 1 fully saturated rings. The molecule has 20 heavy (non-hydrogen) atoms. The molecule has 1 saturated heterocycles. The number of carbonyl (C=O) groups excluding carboxylic acids is 1. The number of benzene rings is 1. The Kier molecular flexibility index (Phi) is 4.52. The van der Waals surface area contributed by atoms with Gasteiger partial charge in [-0.05, 0) is 18.9 Å². The Morgan fingerprint density at radius 1 is 1.45 bits per heavy atom. The van der Waals surface area contributed by atoms with Gasteiger partial charge in [-0.15, -0.1) is 0 Å². The zero-order valence-electron chi connectivity index (χ0n) is 11.1. The average molecular weight is 280 g/mol. The summed E-state index contributed by atoms with van der Waals surface area (Å²) in [5.41, 5.74) is 0.228. The van der Waals surface area contributed by atoms with Crippen LogP contribution in [0.5, 0.6) is 5.75 Å². The highest BCUT2D eigenvalue weighted by atomic mass is 16.6. The summed E-state index contributed by atoms with van der Waals surface area (Å²) in [6.07, 6.45) is 1.31. The summed E-state index contributed by atoms with van der Waals surface area (Å²) in [5, 5.41) is 13.5. The first-order valence-electron chi connectivity index (χ1n) is 6.33. The number of nitrogens with one attached hydrogen (secondary N) is 1. The second-order valence-corrected chi connectivity index (χ2v) is 4.52. The molecule has 1 aliphatic rings. The second-order valence-electron chi connectivity index (χ2n) is 4.52. The molecule has 0 atom stereocenters. The third-order valence-corrected chi connectivity index (χ3v) is 3.24. The van der Waals surface area contributed by atoms with Crippen molar-refractivity contribution in [3.63, 3.8) is 0 Å². The van der Waals surface area contributed by atoms with E-state index in [4.69, 9.17) is 9.47 Å². The van der Waals surface area contributed by atoms with Gasteiger partial charge in [0.05, 0.1) is 17.7 Å². The van der Waals surface area contributed by atoms with Crippen LogP contribution in [0.4, 0.5) is 11.4 Å². The summed E-state index contributed by atoms with van der Waals surface area (Å²) >= 11 is 0. The van der Waals surface area contributed by atoms with Crippen LogP contribution in [-0.4, -0.2) is 31.2 Å². The smallest absolute Gasteiger partial charge is 0.271 e. The molecule has 1 aliphatic heterocycles. The molecule has 0 unspecified atom stereocenters. The Morgan fingerprint density at radius 2 is 2.15 bits per heavy atom. The van der Waals surface area contributed by atoms with Crippen molar-refractivity contribution in [3.05, 3.63) is 28.3 Å². The van der Waals surface area contributed by atoms with Crippen LogP contribution in [0.3, 0.4) is 0 Å². The van der Waals surface area contributed by atoms with Crippen molar-refractivity contribution in [2.24, 2.45) is 5.92 Å². The lowest BCUT2D eigenvalue weighted by molar-refractivity contribution is -0.384. The van der Waals surface area contributed by atoms with E-state index < -0.39 is 4.92 Å². The van der Waals surface area contributed by atoms with E-state index in [0.29, 0.717) is 37.5 Å². The lowest BCUT2D eigenvalue weighted by Crippen LogP contribution is -2.28. The van der Waals surface area contributed by atoms with Crippen LogP contribution in [-0.2, 0) is 9.53 Å². The minimum atomic E-state index is -0.510. The summed E-state index contributed by atoms with van der Waals surface area (Å²) < 4.78 is 10.3. The number of nitro groups is 1. The third kappa shape index (κ3) is 3.24. The highest BCUT2D eigenvalue weighted by Gasteiger charge is 2.23. The van der Waals surface area contributed by atoms with E-state index in [1.165, 1.54) is 25.3 Å². The molecule has 7 nitrogen and oxygen atoms in total. The van der Waals surface area contributed by atoms with Crippen molar-refractivity contribution < 1.29 is 19.2 Å². The predicted molar refractivity (Wildman–Crippen MR) is 71.8 cm³/mol. The first-order valence-corrected chi connectivity index (χ1v) is 6.33. The minimum absolute atomic E-state index is 0.0897. The molecule has 0 aliphatic carbocycles. The zero-order chi connectivity index (χ0) is 14.5. The summed E-state index contributed by atoms with van der Waals surface area (Å²) in [4.78, 5) is 22.4. The number of nitro benzene ring substituents is 1. The molecule has 0 aromatic heterocycles. The van der Waals surface area contributed by atoms with E-state index in [2.05, 4.69) is 5.32 Å². The number of carbonyl (C=O) groups is 1. The number of hydrogen-bond acceptors (Lipinski definition) is 5. The van der Waals surface area contributed by atoms with Gasteiger partial charge in [0.25, 0.3) is 5.69 Å². The van der Waals surface area contributed by atoms with Gasteiger partial charge in [-0.3, -0.25) is 14.9 Å². The summed E-state index contributed by atoms with van der Waals surface area (Å²) in [6, 6.07) is 4.11. The fourth-order valence-corrected chi connectivity index (χ4v) is 2.10. The third-order valence-electron chi connectivity index (χ3n) is 3.24. The van der Waals surface area contributed by atoms with Crippen molar-refractivity contribution in [2.75, 3.05) is 25.6 Å². The summed E-state index contributed by atoms with van der Waals surface area (Å²) in [5.74, 6) is 0.107. The molecule has 0 radical (unpaired) electrons. The lowest BCUT2D eigenvalue weighted by Gasteiger charge is -2.21. The fraction of sp³-hybridized carbons (Fsp3) is 0.462. The minimum Gasteiger partial charge on any atom is -0.495 e. The highest BCUT2D eigenvalue weighted by molar-refractivity contribution is 5.94. The molecule has 1 amide bonds. The largest absolute Gasteiger partial charge is 0.495 e.